The van der Waals surface area contributed by atoms with E-state index in [4.69, 9.17) is 10.5 Å². The maximum Gasteiger partial charge on any atom is 0.255 e. The fourth-order valence-electron chi connectivity index (χ4n) is 2.35. The third kappa shape index (κ3) is 5.95. The normalized spacial score (nSPS) is 10.8. The summed E-state index contributed by atoms with van der Waals surface area (Å²) in [5, 5.41) is 2.86. The number of pyridine rings is 1. The predicted octanol–water partition coefficient (Wildman–Crippen LogP) is 3.64. The van der Waals surface area contributed by atoms with Gasteiger partial charge in [-0.25, -0.2) is 4.98 Å². The number of carbonyl (C=O) groups excluding carboxylic acids is 1. The predicted molar refractivity (Wildman–Crippen MR) is 101 cm³/mol. The Morgan fingerprint density at radius 3 is 2.92 bits per heavy atom. The zero-order valence-corrected chi connectivity index (χ0v) is 14.8. The molecule has 3 N–H and O–H groups in total. The molecule has 132 valence electrons. The van der Waals surface area contributed by atoms with Crippen molar-refractivity contribution in [2.75, 3.05) is 12.3 Å². The Morgan fingerprint density at radius 2 is 2.16 bits per heavy atom. The van der Waals surface area contributed by atoms with Gasteiger partial charge in [-0.05, 0) is 56.5 Å². The molecule has 0 fully saturated rings. The molecule has 1 aromatic carbocycles. The molecule has 5 nitrogen and oxygen atoms in total. The smallest absolute Gasteiger partial charge is 0.255 e. The third-order valence-electron chi connectivity index (χ3n) is 3.68. The van der Waals surface area contributed by atoms with Crippen LogP contribution in [0.4, 0.5) is 5.82 Å². The van der Waals surface area contributed by atoms with Crippen molar-refractivity contribution < 1.29 is 9.53 Å². The number of allylic oxidation sites excluding steroid dienone is 2. The average molecular weight is 339 g/mol. The number of aromatic nitrogens is 1. The lowest BCUT2D eigenvalue weighted by atomic mass is 10.2. The molecule has 25 heavy (non-hydrogen) atoms. The number of aryl methyl sites for hydroxylation is 1. The van der Waals surface area contributed by atoms with E-state index in [1.54, 1.807) is 12.1 Å². The summed E-state index contributed by atoms with van der Waals surface area (Å²) in [6.45, 7) is 4.93. The highest BCUT2D eigenvalue weighted by atomic mass is 16.5. The number of hydrogen-bond acceptors (Lipinski definition) is 4. The van der Waals surface area contributed by atoms with E-state index in [2.05, 4.69) is 16.4 Å². The molecule has 0 spiro atoms. The van der Waals surface area contributed by atoms with Crippen molar-refractivity contribution in [1.29, 1.82) is 0 Å². The maximum absolute atomic E-state index is 12.2. The van der Waals surface area contributed by atoms with E-state index >= 15 is 0 Å². The van der Waals surface area contributed by atoms with E-state index in [9.17, 15) is 4.79 Å². The number of hydrogen-bond donors (Lipinski definition) is 2. The van der Waals surface area contributed by atoms with Gasteiger partial charge in [-0.2, -0.15) is 0 Å². The number of carbonyl (C=O) groups is 1. The van der Waals surface area contributed by atoms with Gasteiger partial charge < -0.3 is 15.8 Å². The molecule has 0 saturated carbocycles. The van der Waals surface area contributed by atoms with Gasteiger partial charge in [0.1, 0.15) is 11.6 Å². The van der Waals surface area contributed by atoms with Crippen molar-refractivity contribution in [2.45, 2.75) is 33.2 Å². The minimum Gasteiger partial charge on any atom is -0.494 e. The lowest BCUT2D eigenvalue weighted by Gasteiger charge is -2.10. The molecule has 1 heterocycles. The summed E-state index contributed by atoms with van der Waals surface area (Å²) in [7, 11) is 0. The summed E-state index contributed by atoms with van der Waals surface area (Å²) in [5.41, 5.74) is 7.95. The van der Waals surface area contributed by atoms with Gasteiger partial charge in [0.2, 0.25) is 0 Å². The number of nitrogens with one attached hydrogen (secondary N) is 1. The van der Waals surface area contributed by atoms with Crippen molar-refractivity contribution in [1.82, 2.24) is 10.3 Å². The largest absolute Gasteiger partial charge is 0.494 e. The van der Waals surface area contributed by atoms with Crippen LogP contribution in [0.15, 0.2) is 48.6 Å². The van der Waals surface area contributed by atoms with Crippen LogP contribution in [0.25, 0.3) is 0 Å². The molecule has 0 unspecified atom stereocenters. The number of rotatable bonds is 8. The van der Waals surface area contributed by atoms with E-state index in [1.165, 1.54) is 0 Å². The summed E-state index contributed by atoms with van der Waals surface area (Å²) in [4.78, 5) is 16.3. The quantitative estimate of drug-likeness (QED) is 0.568. The highest BCUT2D eigenvalue weighted by Gasteiger charge is 2.10. The first kappa shape index (κ1) is 18.5. The molecule has 0 aliphatic rings. The molecule has 0 radical (unpaired) electrons. The summed E-state index contributed by atoms with van der Waals surface area (Å²) < 4.78 is 5.74. The minimum absolute atomic E-state index is 0.234. The molecule has 0 saturated heterocycles. The van der Waals surface area contributed by atoms with Gasteiger partial charge in [0, 0.05) is 12.2 Å². The number of nitrogen functional groups attached to an aromatic ring is 1. The molecular weight excluding hydrogens is 314 g/mol. The van der Waals surface area contributed by atoms with Crippen LogP contribution in [-0.2, 0) is 6.54 Å². The molecule has 1 amide bonds. The highest BCUT2D eigenvalue weighted by molar-refractivity contribution is 5.98. The zero-order valence-electron chi connectivity index (χ0n) is 14.8. The van der Waals surface area contributed by atoms with Crippen LogP contribution in [0.3, 0.4) is 0 Å². The first-order chi connectivity index (χ1) is 12.1. The molecule has 1 aromatic heterocycles. The molecule has 0 atom stereocenters. The van der Waals surface area contributed by atoms with Gasteiger partial charge in [0.05, 0.1) is 12.2 Å². The number of nitrogens with zero attached hydrogens (tertiary/aromatic N) is 1. The standard InChI is InChI=1S/C20H25N3O2/c1-3-4-5-6-12-25-17-9-7-8-16(13-17)14-22-20(24)18-11-10-15(2)23-19(18)21/h3-4,7-11,13H,5-6,12,14H2,1-2H3,(H2,21,23)(H,22,24). The van der Waals surface area contributed by atoms with Crippen LogP contribution in [-0.4, -0.2) is 17.5 Å². The highest BCUT2D eigenvalue weighted by Crippen LogP contribution is 2.15. The van der Waals surface area contributed by atoms with Crippen LogP contribution in [0.5, 0.6) is 5.75 Å². The van der Waals surface area contributed by atoms with E-state index in [0.717, 1.165) is 29.8 Å². The Labute approximate surface area is 148 Å². The van der Waals surface area contributed by atoms with Gasteiger partial charge in [-0.1, -0.05) is 24.3 Å². The fraction of sp³-hybridized carbons (Fsp3) is 0.300. The third-order valence-corrected chi connectivity index (χ3v) is 3.68. The Kier molecular flexibility index (Phi) is 7.01. The van der Waals surface area contributed by atoms with E-state index in [-0.39, 0.29) is 11.7 Å². The lowest BCUT2D eigenvalue weighted by Crippen LogP contribution is -2.24. The van der Waals surface area contributed by atoms with Crippen LogP contribution < -0.4 is 15.8 Å². The average Bonchev–Trinajstić information content (AvgIpc) is 2.60. The topological polar surface area (TPSA) is 77.2 Å². The van der Waals surface area contributed by atoms with Crippen LogP contribution in [0, 0.1) is 6.92 Å². The van der Waals surface area contributed by atoms with Crippen LogP contribution in [0.2, 0.25) is 0 Å². The second-order valence-corrected chi connectivity index (χ2v) is 5.78. The number of benzene rings is 1. The molecule has 2 aromatic rings. The number of nitrogens with two attached hydrogens (primary N) is 1. The monoisotopic (exact) mass is 339 g/mol. The lowest BCUT2D eigenvalue weighted by molar-refractivity contribution is 0.0951. The number of anilines is 1. The first-order valence-corrected chi connectivity index (χ1v) is 8.44. The summed E-state index contributed by atoms with van der Waals surface area (Å²) >= 11 is 0. The Balaban J connectivity index is 1.88. The number of ether oxygens (including phenoxy) is 1. The molecule has 2 rings (SSSR count). The molecule has 0 aliphatic heterocycles. The second kappa shape index (κ2) is 9.47. The van der Waals surface area contributed by atoms with Crippen molar-refractivity contribution in [3.63, 3.8) is 0 Å². The van der Waals surface area contributed by atoms with Crippen LogP contribution in [0.1, 0.15) is 41.4 Å². The molecule has 0 aliphatic carbocycles. The summed E-state index contributed by atoms with van der Waals surface area (Å²) in [5.74, 6) is 0.821. The Morgan fingerprint density at radius 1 is 1.32 bits per heavy atom. The molecular formula is C20H25N3O2. The number of unbranched alkanes of at least 4 members (excludes halogenated alkanes) is 1. The minimum atomic E-state index is -0.234. The fourth-order valence-corrected chi connectivity index (χ4v) is 2.35. The SMILES string of the molecule is CC=CCCCOc1cccc(CNC(=O)c2ccc(C)nc2N)c1. The van der Waals surface area contributed by atoms with Gasteiger partial charge in [-0.3, -0.25) is 4.79 Å². The Bertz CT molecular complexity index is 741. The van der Waals surface area contributed by atoms with E-state index in [0.29, 0.717) is 18.7 Å². The summed E-state index contributed by atoms with van der Waals surface area (Å²) in [6.07, 6.45) is 6.16. The van der Waals surface area contributed by atoms with E-state index < -0.39 is 0 Å². The Hall–Kier alpha value is -2.82. The van der Waals surface area contributed by atoms with Crippen molar-refractivity contribution in [2.24, 2.45) is 0 Å². The van der Waals surface area contributed by atoms with Crippen molar-refractivity contribution in [3.8, 4) is 5.75 Å². The van der Waals surface area contributed by atoms with Gasteiger partial charge in [0.15, 0.2) is 0 Å². The maximum atomic E-state index is 12.2. The molecule has 5 heteroatoms. The van der Waals surface area contributed by atoms with E-state index in [1.807, 2.05) is 44.2 Å². The second-order valence-electron chi connectivity index (χ2n) is 5.78. The zero-order chi connectivity index (χ0) is 18.1. The van der Waals surface area contributed by atoms with Crippen molar-refractivity contribution >= 4 is 11.7 Å². The first-order valence-electron chi connectivity index (χ1n) is 8.44. The van der Waals surface area contributed by atoms with Crippen LogP contribution >= 0.6 is 0 Å². The van der Waals surface area contributed by atoms with Gasteiger partial charge in [0.25, 0.3) is 5.91 Å². The summed E-state index contributed by atoms with van der Waals surface area (Å²) in [6, 6.07) is 11.2. The molecule has 0 bridgehead atoms. The van der Waals surface area contributed by atoms with Gasteiger partial charge in [-0.15, -0.1) is 0 Å². The van der Waals surface area contributed by atoms with Crippen molar-refractivity contribution in [3.05, 3.63) is 65.4 Å². The number of amides is 1. The van der Waals surface area contributed by atoms with Gasteiger partial charge >= 0.3 is 0 Å².